The van der Waals surface area contributed by atoms with Gasteiger partial charge in [0.2, 0.25) is 5.72 Å². The fourth-order valence-corrected chi connectivity index (χ4v) is 5.50. The number of aldehydes is 1. The molecule has 0 fully saturated rings. The Morgan fingerprint density at radius 2 is 1.60 bits per heavy atom. The number of carbonyl (C=O) groups excluding carboxylic acids is 1. The molecule has 0 aromatic heterocycles. The normalized spacial score (nSPS) is 18.0. The van der Waals surface area contributed by atoms with Crippen LogP contribution in [0.3, 0.4) is 0 Å². The van der Waals surface area contributed by atoms with Crippen LogP contribution in [-0.2, 0) is 20.5 Å². The third-order valence-electron chi connectivity index (χ3n) is 5.15. The van der Waals surface area contributed by atoms with Gasteiger partial charge in [0.15, 0.2) is 0 Å². The smallest absolute Gasteiger partial charge is 0.267 e. The van der Waals surface area contributed by atoms with E-state index in [9.17, 15) is 13.2 Å². The molecular weight excluding hydrogens is 422 g/mol. The van der Waals surface area contributed by atoms with Crippen molar-refractivity contribution in [1.29, 1.82) is 0 Å². The molecule has 0 saturated heterocycles. The number of hydrogen-bond donors (Lipinski definition) is 0. The minimum atomic E-state index is -4.06. The predicted molar refractivity (Wildman–Crippen MR) is 116 cm³/mol. The van der Waals surface area contributed by atoms with E-state index in [1.54, 1.807) is 60.7 Å². The van der Waals surface area contributed by atoms with Crippen LogP contribution >= 0.6 is 11.6 Å². The molecule has 1 aliphatic rings. The quantitative estimate of drug-likeness (QED) is 0.523. The van der Waals surface area contributed by atoms with Crippen molar-refractivity contribution >= 4 is 33.6 Å². The van der Waals surface area contributed by atoms with Gasteiger partial charge in [-0.3, -0.25) is 0 Å². The lowest BCUT2D eigenvalue weighted by molar-refractivity contribution is -0.111. The van der Waals surface area contributed by atoms with Gasteiger partial charge in [-0.15, -0.1) is 0 Å². The maximum absolute atomic E-state index is 13.9. The molecule has 3 aromatic carbocycles. The van der Waals surface area contributed by atoms with Gasteiger partial charge in [0.25, 0.3) is 10.0 Å². The maximum atomic E-state index is 13.9. The fraction of sp³-hybridized carbons (Fsp3) is 0.174. The number of nitrogens with zero attached hydrogens (tertiary/aromatic N) is 1. The highest BCUT2D eigenvalue weighted by Gasteiger charge is 2.53. The molecule has 3 aromatic rings. The first-order valence-electron chi connectivity index (χ1n) is 9.39. The van der Waals surface area contributed by atoms with E-state index in [2.05, 4.69) is 0 Å². The molecule has 0 amide bonds. The van der Waals surface area contributed by atoms with Crippen molar-refractivity contribution in [2.24, 2.45) is 0 Å². The van der Waals surface area contributed by atoms with Gasteiger partial charge in [-0.2, -0.15) is 0 Å². The summed E-state index contributed by atoms with van der Waals surface area (Å²) in [5, 5.41) is 0.499. The molecule has 30 heavy (non-hydrogen) atoms. The van der Waals surface area contributed by atoms with Crippen LogP contribution in [0.15, 0.2) is 71.6 Å². The van der Waals surface area contributed by atoms with Crippen LogP contribution in [0.5, 0.6) is 5.75 Å². The fourth-order valence-electron chi connectivity index (χ4n) is 3.67. The van der Waals surface area contributed by atoms with Gasteiger partial charge in [-0.25, -0.2) is 12.7 Å². The summed E-state index contributed by atoms with van der Waals surface area (Å²) >= 11 is 6.05. The summed E-state index contributed by atoms with van der Waals surface area (Å²) < 4.78 is 35.2. The summed E-state index contributed by atoms with van der Waals surface area (Å²) in [5.41, 5.74) is 1.18. The third kappa shape index (κ3) is 3.26. The van der Waals surface area contributed by atoms with Crippen molar-refractivity contribution < 1.29 is 17.9 Å². The molecular formula is C23H20ClNO4S. The van der Waals surface area contributed by atoms with Gasteiger partial charge in [-0.1, -0.05) is 47.5 Å². The number of fused-ring (bicyclic) bond motifs is 1. The SMILES string of the molecule is Cc1ccc(S(=O)(=O)N2c3cc(C)ccc3OC2(CC=O)c2ccc(Cl)cc2)cc1. The molecule has 0 radical (unpaired) electrons. The minimum absolute atomic E-state index is 0.121. The van der Waals surface area contributed by atoms with E-state index in [-0.39, 0.29) is 11.3 Å². The van der Waals surface area contributed by atoms with Crippen molar-refractivity contribution in [3.05, 3.63) is 88.4 Å². The number of benzene rings is 3. The Hall–Kier alpha value is -2.83. The minimum Gasteiger partial charge on any atom is -0.460 e. The lowest BCUT2D eigenvalue weighted by Crippen LogP contribution is -2.50. The standard InChI is InChI=1S/C23H20ClNO4S/c1-16-3-10-20(11-4-16)30(27,28)25-21-15-17(2)5-12-22(21)29-23(25,13-14-26)18-6-8-19(24)9-7-18/h3-12,14-15H,13H2,1-2H3. The van der Waals surface area contributed by atoms with E-state index in [4.69, 9.17) is 16.3 Å². The second kappa shape index (κ2) is 7.45. The first-order chi connectivity index (χ1) is 14.3. The van der Waals surface area contributed by atoms with Crippen LogP contribution in [0.1, 0.15) is 23.1 Å². The molecule has 0 N–H and O–H groups in total. The van der Waals surface area contributed by atoms with Crippen LogP contribution in [0, 0.1) is 13.8 Å². The van der Waals surface area contributed by atoms with E-state index in [1.807, 2.05) is 19.9 Å². The third-order valence-corrected chi connectivity index (χ3v) is 7.25. The molecule has 1 aliphatic heterocycles. The van der Waals surface area contributed by atoms with Crippen molar-refractivity contribution in [3.8, 4) is 5.75 Å². The Bertz CT molecular complexity index is 1210. The number of anilines is 1. The van der Waals surface area contributed by atoms with E-state index >= 15 is 0 Å². The molecule has 7 heteroatoms. The van der Waals surface area contributed by atoms with E-state index in [0.717, 1.165) is 11.1 Å². The summed E-state index contributed by atoms with van der Waals surface area (Å²) in [4.78, 5) is 11.9. The number of hydrogen-bond acceptors (Lipinski definition) is 4. The molecule has 0 aliphatic carbocycles. The molecule has 1 heterocycles. The van der Waals surface area contributed by atoms with Gasteiger partial charge in [0.05, 0.1) is 17.0 Å². The average Bonchev–Trinajstić information content (AvgIpc) is 3.04. The van der Waals surface area contributed by atoms with Crippen molar-refractivity contribution in [3.63, 3.8) is 0 Å². The molecule has 154 valence electrons. The lowest BCUT2D eigenvalue weighted by Gasteiger charge is -2.36. The molecule has 1 atom stereocenters. The summed E-state index contributed by atoms with van der Waals surface area (Å²) in [6.45, 7) is 3.76. The number of ether oxygens (including phenoxy) is 1. The second-order valence-corrected chi connectivity index (χ2v) is 9.54. The Morgan fingerprint density at radius 1 is 0.967 bits per heavy atom. The van der Waals surface area contributed by atoms with E-state index < -0.39 is 15.7 Å². The van der Waals surface area contributed by atoms with Crippen LogP contribution in [0.2, 0.25) is 5.02 Å². The largest absolute Gasteiger partial charge is 0.460 e. The summed E-state index contributed by atoms with van der Waals surface area (Å²) in [7, 11) is -4.06. The highest BCUT2D eigenvalue weighted by Crippen LogP contribution is 2.51. The van der Waals surface area contributed by atoms with Crippen molar-refractivity contribution in [2.75, 3.05) is 4.31 Å². The van der Waals surface area contributed by atoms with E-state index in [0.29, 0.717) is 28.3 Å². The van der Waals surface area contributed by atoms with Gasteiger partial charge in [0, 0.05) is 10.6 Å². The summed E-state index contributed by atoms with van der Waals surface area (Å²) in [6.07, 6.45) is 0.485. The van der Waals surface area contributed by atoms with Crippen molar-refractivity contribution in [1.82, 2.24) is 0 Å². The zero-order valence-corrected chi connectivity index (χ0v) is 18.1. The first-order valence-corrected chi connectivity index (χ1v) is 11.2. The van der Waals surface area contributed by atoms with Crippen LogP contribution in [0.4, 0.5) is 5.69 Å². The maximum Gasteiger partial charge on any atom is 0.267 e. The molecule has 4 rings (SSSR count). The van der Waals surface area contributed by atoms with Crippen molar-refractivity contribution in [2.45, 2.75) is 30.9 Å². The number of sulfonamides is 1. The van der Waals surface area contributed by atoms with Gasteiger partial charge in [0.1, 0.15) is 12.0 Å². The van der Waals surface area contributed by atoms with Crippen LogP contribution < -0.4 is 9.04 Å². The van der Waals surface area contributed by atoms with E-state index in [1.165, 1.54) is 4.31 Å². The highest BCUT2D eigenvalue weighted by atomic mass is 35.5. The van der Waals surface area contributed by atoms with Gasteiger partial charge < -0.3 is 9.53 Å². The molecule has 5 nitrogen and oxygen atoms in total. The summed E-state index contributed by atoms with van der Waals surface area (Å²) in [6, 6.07) is 18.6. The number of halogens is 1. The number of rotatable bonds is 5. The second-order valence-electron chi connectivity index (χ2n) is 7.32. The molecule has 0 spiro atoms. The van der Waals surface area contributed by atoms with Gasteiger partial charge >= 0.3 is 0 Å². The Morgan fingerprint density at radius 3 is 2.23 bits per heavy atom. The lowest BCUT2D eigenvalue weighted by atomic mass is 10.00. The van der Waals surface area contributed by atoms with Crippen LogP contribution in [0.25, 0.3) is 0 Å². The topological polar surface area (TPSA) is 63.7 Å². The average molecular weight is 442 g/mol. The Kier molecular flexibility index (Phi) is 5.08. The first kappa shape index (κ1) is 20.4. The summed E-state index contributed by atoms with van der Waals surface area (Å²) in [5.74, 6) is 0.396. The Labute approximate surface area is 180 Å². The monoisotopic (exact) mass is 441 g/mol. The molecule has 0 bridgehead atoms. The van der Waals surface area contributed by atoms with Crippen LogP contribution in [-0.4, -0.2) is 14.7 Å². The highest BCUT2D eigenvalue weighted by molar-refractivity contribution is 7.93. The van der Waals surface area contributed by atoms with Gasteiger partial charge in [-0.05, 0) is 55.8 Å². The molecule has 1 unspecified atom stereocenters. The zero-order valence-electron chi connectivity index (χ0n) is 16.5. The number of carbonyl (C=O) groups is 1. The Balaban J connectivity index is 2.00. The molecule has 0 saturated carbocycles. The predicted octanol–water partition coefficient (Wildman–Crippen LogP) is 4.99. The zero-order chi connectivity index (χ0) is 21.5. The number of aryl methyl sites for hydroxylation is 2.